The maximum atomic E-state index is 2.53. The summed E-state index contributed by atoms with van der Waals surface area (Å²) in [4.78, 5) is 4.86. The van der Waals surface area contributed by atoms with Crippen LogP contribution < -0.4 is 9.80 Å². The molecule has 0 aliphatic heterocycles. The first-order chi connectivity index (χ1) is 32.5. The number of hydrogen-bond acceptors (Lipinski definition) is 4. The fraction of sp³-hybridized carbons (Fsp3) is 0.100. The Morgan fingerprint density at radius 3 is 1.18 bits per heavy atom. The topological polar surface area (TPSA) is 16.3 Å². The lowest BCUT2D eigenvalue weighted by Gasteiger charge is -2.29. The zero-order chi connectivity index (χ0) is 44.5. The molecule has 0 bridgehead atoms. The minimum Gasteiger partial charge on any atom is -0.310 e. The second kappa shape index (κ2) is 16.2. The van der Waals surface area contributed by atoms with Gasteiger partial charge in [-0.25, -0.2) is 0 Å². The Labute approximate surface area is 393 Å². The van der Waals surface area contributed by atoms with Crippen LogP contribution in [0.4, 0.5) is 34.1 Å². The van der Waals surface area contributed by atoms with Gasteiger partial charge in [-0.15, -0.1) is 22.7 Å². The first-order valence-electron chi connectivity index (χ1n) is 22.9. The zero-order valence-electron chi connectivity index (χ0n) is 37.5. The molecule has 0 aliphatic carbocycles. The number of thiophene rings is 2. The predicted molar refractivity (Wildman–Crippen MR) is 286 cm³/mol. The summed E-state index contributed by atoms with van der Waals surface area (Å²) in [6.45, 7) is 8.90. The van der Waals surface area contributed by atoms with Crippen molar-refractivity contribution < 1.29 is 0 Å². The van der Waals surface area contributed by atoms with Gasteiger partial charge in [-0.3, -0.25) is 0 Å². The fourth-order valence-electron chi connectivity index (χ4n) is 10.2. The van der Waals surface area contributed by atoms with Gasteiger partial charge >= 0.3 is 0 Å². The molecule has 0 saturated carbocycles. The van der Waals surface area contributed by atoms with Crippen molar-refractivity contribution in [3.8, 4) is 11.4 Å². The van der Waals surface area contributed by atoms with Crippen molar-refractivity contribution in [2.75, 3.05) is 9.80 Å². The number of hydrogen-bond donors (Lipinski definition) is 0. The smallest absolute Gasteiger partial charge is 0.0804 e. The van der Waals surface area contributed by atoms with Crippen LogP contribution in [0, 0.1) is 13.8 Å². The Kier molecular flexibility index (Phi) is 9.89. The maximum absolute atomic E-state index is 2.53. The van der Waals surface area contributed by atoms with Crippen LogP contribution in [-0.2, 0) is 12.8 Å². The molecule has 0 fully saturated rings. The second-order valence-corrected chi connectivity index (χ2v) is 19.2. The van der Waals surface area contributed by atoms with E-state index in [1.807, 2.05) is 22.7 Å². The van der Waals surface area contributed by atoms with E-state index in [1.165, 1.54) is 98.0 Å². The monoisotopic (exact) mass is 888 g/mol. The highest BCUT2D eigenvalue weighted by atomic mass is 32.1. The van der Waals surface area contributed by atoms with Gasteiger partial charge in [-0.05, 0) is 180 Å². The highest BCUT2D eigenvalue weighted by Crippen LogP contribution is 2.46. The van der Waals surface area contributed by atoms with Crippen LogP contribution >= 0.6 is 22.7 Å². The van der Waals surface area contributed by atoms with Crippen molar-refractivity contribution in [2.45, 2.75) is 40.5 Å². The van der Waals surface area contributed by atoms with Crippen LogP contribution in [0.3, 0.4) is 0 Å². The molecule has 320 valence electrons. The van der Waals surface area contributed by atoms with Crippen LogP contribution in [0.15, 0.2) is 193 Å². The predicted octanol–water partition coefficient (Wildman–Crippen LogP) is 17.8. The summed E-state index contributed by atoms with van der Waals surface area (Å²) in [6, 6.07) is 67.7. The average molecular weight is 889 g/mol. The van der Waals surface area contributed by atoms with Crippen molar-refractivity contribution in [2.24, 2.45) is 0 Å². The second-order valence-electron chi connectivity index (χ2n) is 17.3. The van der Waals surface area contributed by atoms with Crippen molar-refractivity contribution in [1.29, 1.82) is 0 Å². The molecule has 0 spiro atoms. The standard InChI is InChI=1S/C60H48N4S2/c1-5-41-17-9-13-21-53(41)61(51-19-11-7-15-39(51)3)45-23-27-47(28-24-45)63-55-35-43-31-33-65-57(43)37-49(55)60-59(63)50-38-58-44(32-34-66-58)36-56(50)64(60)48-29-25-46(26-30-48)62(52-20-12-8-16-40(52)4)54-22-14-10-18-42(54)6-2/h7-38H,5-6H2,1-4H3. The van der Waals surface area contributed by atoms with Gasteiger partial charge in [0.25, 0.3) is 0 Å². The molecule has 4 nitrogen and oxygen atoms in total. The number of benzene rings is 8. The van der Waals surface area contributed by atoms with E-state index in [1.54, 1.807) is 0 Å². The lowest BCUT2D eigenvalue weighted by atomic mass is 10.1. The van der Waals surface area contributed by atoms with Crippen LogP contribution in [0.1, 0.15) is 36.1 Å². The molecule has 66 heavy (non-hydrogen) atoms. The minimum atomic E-state index is 0.948. The van der Waals surface area contributed by atoms with Gasteiger partial charge in [0.15, 0.2) is 0 Å². The molecular formula is C60H48N4S2. The maximum Gasteiger partial charge on any atom is 0.0804 e. The van der Waals surface area contributed by atoms with Crippen LogP contribution in [0.25, 0.3) is 64.4 Å². The molecule has 0 radical (unpaired) electrons. The fourth-order valence-corrected chi connectivity index (χ4v) is 11.9. The summed E-state index contributed by atoms with van der Waals surface area (Å²) in [7, 11) is 0. The van der Waals surface area contributed by atoms with E-state index in [9.17, 15) is 0 Å². The van der Waals surface area contributed by atoms with Crippen LogP contribution in [0.2, 0.25) is 0 Å². The number of aromatic nitrogens is 2. The Morgan fingerprint density at radius 1 is 0.409 bits per heavy atom. The molecule has 0 aliphatic rings. The van der Waals surface area contributed by atoms with E-state index in [0.29, 0.717) is 0 Å². The number of anilines is 6. The largest absolute Gasteiger partial charge is 0.310 e. The van der Waals surface area contributed by atoms with Gasteiger partial charge < -0.3 is 18.9 Å². The van der Waals surface area contributed by atoms with Gasteiger partial charge in [0, 0.05) is 65.7 Å². The Bertz CT molecular complexity index is 3520. The molecule has 0 saturated heterocycles. The lowest BCUT2D eigenvalue weighted by molar-refractivity contribution is 1.11. The number of fused-ring (bicyclic) bond motifs is 7. The van der Waals surface area contributed by atoms with Gasteiger partial charge in [-0.2, -0.15) is 0 Å². The van der Waals surface area contributed by atoms with Gasteiger partial charge in [0.1, 0.15) is 0 Å². The van der Waals surface area contributed by atoms with Gasteiger partial charge in [-0.1, -0.05) is 86.6 Å². The normalized spacial score (nSPS) is 11.8. The molecular weight excluding hydrogens is 841 g/mol. The summed E-state index contributed by atoms with van der Waals surface area (Å²) in [5, 5.41) is 9.43. The van der Waals surface area contributed by atoms with E-state index in [4.69, 9.17) is 0 Å². The van der Waals surface area contributed by atoms with E-state index in [2.05, 4.69) is 239 Å². The van der Waals surface area contributed by atoms with Gasteiger partial charge in [0.2, 0.25) is 0 Å². The molecule has 8 aromatic carbocycles. The van der Waals surface area contributed by atoms with Crippen molar-refractivity contribution in [3.63, 3.8) is 0 Å². The molecule has 4 aromatic heterocycles. The van der Waals surface area contributed by atoms with E-state index in [-0.39, 0.29) is 0 Å². The van der Waals surface area contributed by atoms with E-state index < -0.39 is 0 Å². The lowest BCUT2D eigenvalue weighted by Crippen LogP contribution is -2.13. The molecule has 0 N–H and O–H groups in total. The average Bonchev–Trinajstić information content (AvgIpc) is 4.16. The van der Waals surface area contributed by atoms with Crippen molar-refractivity contribution >= 4 is 110 Å². The third-order valence-corrected chi connectivity index (χ3v) is 15.2. The quantitative estimate of drug-likeness (QED) is 0.136. The molecule has 12 rings (SSSR count). The van der Waals surface area contributed by atoms with Crippen LogP contribution in [-0.4, -0.2) is 9.13 Å². The van der Waals surface area contributed by atoms with E-state index >= 15 is 0 Å². The third kappa shape index (κ3) is 6.46. The van der Waals surface area contributed by atoms with Gasteiger partial charge in [0.05, 0.1) is 22.1 Å². The molecule has 6 heteroatoms. The number of aryl methyl sites for hydroxylation is 4. The van der Waals surface area contributed by atoms with Crippen LogP contribution in [0.5, 0.6) is 0 Å². The Morgan fingerprint density at radius 2 is 0.788 bits per heavy atom. The molecule has 4 heterocycles. The summed E-state index contributed by atoms with van der Waals surface area (Å²) < 4.78 is 7.63. The molecule has 0 unspecified atom stereocenters. The Hall–Kier alpha value is -7.38. The minimum absolute atomic E-state index is 0.948. The summed E-state index contributed by atoms with van der Waals surface area (Å²) in [5.74, 6) is 0. The first-order valence-corrected chi connectivity index (χ1v) is 24.7. The summed E-state index contributed by atoms with van der Waals surface area (Å²) in [5.41, 5.74) is 19.3. The summed E-state index contributed by atoms with van der Waals surface area (Å²) in [6.07, 6.45) is 1.90. The SMILES string of the molecule is CCc1ccccc1N(c1ccc(-n2c3cc4ccsc4cc3c3c2c2cc4sccc4cc2n3-c2ccc(N(c3ccccc3C)c3ccccc3CC)cc2)cc1)c1ccccc1C. The number of nitrogens with zero attached hydrogens (tertiary/aromatic N) is 4. The molecule has 0 atom stereocenters. The van der Waals surface area contributed by atoms with Crippen molar-refractivity contribution in [1.82, 2.24) is 9.13 Å². The molecule has 12 aromatic rings. The highest BCUT2D eigenvalue weighted by Gasteiger charge is 2.25. The first kappa shape index (κ1) is 40.2. The number of rotatable bonds is 10. The number of para-hydroxylation sites is 4. The summed E-state index contributed by atoms with van der Waals surface area (Å²) >= 11 is 3.62. The van der Waals surface area contributed by atoms with Crippen molar-refractivity contribution in [3.05, 3.63) is 215 Å². The third-order valence-electron chi connectivity index (χ3n) is 13.5. The Balaban J connectivity index is 1.09. The van der Waals surface area contributed by atoms with E-state index in [0.717, 1.165) is 35.6 Å². The zero-order valence-corrected chi connectivity index (χ0v) is 39.1. The molecule has 0 amide bonds. The highest BCUT2D eigenvalue weighted by molar-refractivity contribution is 7.17.